The van der Waals surface area contributed by atoms with Crippen LogP contribution in [-0.4, -0.2) is 41.3 Å². The number of amides is 1. The van der Waals surface area contributed by atoms with Crippen molar-refractivity contribution in [2.75, 3.05) is 19.0 Å². The van der Waals surface area contributed by atoms with E-state index in [-0.39, 0.29) is 17.4 Å². The molecule has 0 aliphatic carbocycles. The van der Waals surface area contributed by atoms with E-state index in [9.17, 15) is 18.0 Å². The molecule has 4 aromatic rings. The smallest absolute Gasteiger partial charge is 0.457 e. The molecule has 0 aliphatic rings. The van der Waals surface area contributed by atoms with E-state index < -0.39 is 6.36 Å². The third-order valence-electron chi connectivity index (χ3n) is 4.72. The van der Waals surface area contributed by atoms with Crippen molar-refractivity contribution in [2.24, 2.45) is 0 Å². The molecule has 0 unspecified atom stereocenters. The van der Waals surface area contributed by atoms with Crippen molar-refractivity contribution in [2.45, 2.75) is 6.36 Å². The van der Waals surface area contributed by atoms with E-state index in [1.165, 1.54) is 43.6 Å². The van der Waals surface area contributed by atoms with Gasteiger partial charge in [0.15, 0.2) is 0 Å². The highest BCUT2D eigenvalue weighted by molar-refractivity contribution is 5.92. The first kappa shape index (κ1) is 22.8. The second kappa shape index (κ2) is 9.22. The van der Waals surface area contributed by atoms with Gasteiger partial charge in [-0.3, -0.25) is 9.78 Å². The van der Waals surface area contributed by atoms with Crippen molar-refractivity contribution in [1.29, 1.82) is 0 Å². The van der Waals surface area contributed by atoms with E-state index >= 15 is 0 Å². The summed E-state index contributed by atoms with van der Waals surface area (Å²) >= 11 is 0. The summed E-state index contributed by atoms with van der Waals surface area (Å²) in [5.74, 6) is 0.689. The highest BCUT2D eigenvalue weighted by atomic mass is 19.4. The fourth-order valence-corrected chi connectivity index (χ4v) is 3.08. The van der Waals surface area contributed by atoms with Gasteiger partial charge in [-0.05, 0) is 48.5 Å². The van der Waals surface area contributed by atoms with Crippen LogP contribution < -0.4 is 19.7 Å². The molecule has 1 amide bonds. The van der Waals surface area contributed by atoms with Gasteiger partial charge < -0.3 is 19.7 Å². The van der Waals surface area contributed by atoms with E-state index in [1.54, 1.807) is 42.4 Å². The van der Waals surface area contributed by atoms with Gasteiger partial charge in [-0.25, -0.2) is 9.97 Å². The van der Waals surface area contributed by atoms with Crippen LogP contribution in [0.1, 0.15) is 10.5 Å². The van der Waals surface area contributed by atoms with Gasteiger partial charge in [0.25, 0.3) is 5.91 Å². The minimum atomic E-state index is -4.75. The number of anilines is 2. The average Bonchev–Trinajstić information content (AvgIpc) is 2.82. The number of nitrogens with one attached hydrogen (secondary N) is 1. The van der Waals surface area contributed by atoms with Gasteiger partial charge in [0.2, 0.25) is 5.95 Å². The predicted octanol–water partition coefficient (Wildman–Crippen LogP) is 4.84. The molecule has 0 aliphatic heterocycles. The van der Waals surface area contributed by atoms with Crippen molar-refractivity contribution in [3.63, 3.8) is 0 Å². The number of alkyl halides is 3. The summed E-state index contributed by atoms with van der Waals surface area (Å²) in [5.41, 5.74) is 1.45. The van der Waals surface area contributed by atoms with Crippen LogP contribution in [0.4, 0.5) is 24.8 Å². The number of benzene rings is 2. The second-order valence-corrected chi connectivity index (χ2v) is 7.05. The lowest BCUT2D eigenvalue weighted by molar-refractivity contribution is -0.274. The largest absolute Gasteiger partial charge is 0.573 e. The standard InChI is InChI=1S/C23H18F3N5O3/c1-27-21(32)20-12-18(9-10-28-20)33-17-7-8-19-14(11-17)13-29-22(30-19)31(2)15-3-5-16(6-4-15)34-23(24,25)26/h3-13H,1-2H3,(H,27,32). The van der Waals surface area contributed by atoms with Crippen LogP contribution in [0.5, 0.6) is 17.2 Å². The summed E-state index contributed by atoms with van der Waals surface area (Å²) in [6.07, 6.45) is -1.65. The van der Waals surface area contributed by atoms with Gasteiger partial charge in [-0.1, -0.05) is 0 Å². The van der Waals surface area contributed by atoms with Crippen molar-refractivity contribution in [3.05, 3.63) is 72.7 Å². The van der Waals surface area contributed by atoms with E-state index in [1.807, 2.05) is 0 Å². The maximum atomic E-state index is 12.3. The fraction of sp³-hybridized carbons (Fsp3) is 0.130. The highest BCUT2D eigenvalue weighted by Crippen LogP contribution is 2.29. The number of hydrogen-bond donors (Lipinski definition) is 1. The van der Waals surface area contributed by atoms with Crippen LogP contribution >= 0.6 is 0 Å². The van der Waals surface area contributed by atoms with Gasteiger partial charge in [0.1, 0.15) is 22.9 Å². The van der Waals surface area contributed by atoms with Crippen molar-refractivity contribution < 1.29 is 27.4 Å². The third kappa shape index (κ3) is 5.31. The molecule has 174 valence electrons. The monoisotopic (exact) mass is 469 g/mol. The highest BCUT2D eigenvalue weighted by Gasteiger charge is 2.31. The van der Waals surface area contributed by atoms with Gasteiger partial charge in [0, 0.05) is 43.6 Å². The minimum absolute atomic E-state index is 0.231. The molecule has 8 nitrogen and oxygen atoms in total. The number of pyridine rings is 1. The number of aromatic nitrogens is 3. The number of rotatable bonds is 6. The Morgan fingerprint density at radius 3 is 2.38 bits per heavy atom. The Labute approximate surface area is 192 Å². The van der Waals surface area contributed by atoms with E-state index in [2.05, 4.69) is 25.0 Å². The van der Waals surface area contributed by atoms with Gasteiger partial charge in [0.05, 0.1) is 5.52 Å². The Kier molecular flexibility index (Phi) is 6.17. The number of ether oxygens (including phenoxy) is 2. The van der Waals surface area contributed by atoms with Gasteiger partial charge >= 0.3 is 6.36 Å². The van der Waals surface area contributed by atoms with Crippen molar-refractivity contribution >= 4 is 28.4 Å². The predicted molar refractivity (Wildman–Crippen MR) is 118 cm³/mol. The summed E-state index contributed by atoms with van der Waals surface area (Å²) in [6, 6.07) is 13.8. The van der Waals surface area contributed by atoms with Gasteiger partial charge in [-0.2, -0.15) is 0 Å². The number of carbonyl (C=O) groups is 1. The quantitative estimate of drug-likeness (QED) is 0.432. The van der Waals surface area contributed by atoms with E-state index in [4.69, 9.17) is 4.74 Å². The average molecular weight is 469 g/mol. The molecule has 2 heterocycles. The molecular weight excluding hydrogens is 451 g/mol. The van der Waals surface area contributed by atoms with Crippen LogP contribution in [0, 0.1) is 0 Å². The summed E-state index contributed by atoms with van der Waals surface area (Å²) in [4.78, 5) is 26.3. The molecule has 4 rings (SSSR count). The Morgan fingerprint density at radius 1 is 0.971 bits per heavy atom. The lowest BCUT2D eigenvalue weighted by Gasteiger charge is -2.18. The minimum Gasteiger partial charge on any atom is -0.457 e. The first-order valence-electron chi connectivity index (χ1n) is 9.94. The molecule has 0 radical (unpaired) electrons. The zero-order valence-electron chi connectivity index (χ0n) is 18.0. The van der Waals surface area contributed by atoms with Crippen LogP contribution in [-0.2, 0) is 0 Å². The SMILES string of the molecule is CNC(=O)c1cc(Oc2ccc3nc(N(C)c4ccc(OC(F)(F)F)cc4)ncc3c2)ccn1. The van der Waals surface area contributed by atoms with Crippen LogP contribution in [0.3, 0.4) is 0 Å². The van der Waals surface area contributed by atoms with Gasteiger partial charge in [-0.15, -0.1) is 13.2 Å². The van der Waals surface area contributed by atoms with Crippen LogP contribution in [0.15, 0.2) is 67.0 Å². The Morgan fingerprint density at radius 2 is 1.68 bits per heavy atom. The molecule has 2 aromatic heterocycles. The number of halogens is 3. The van der Waals surface area contributed by atoms with Crippen LogP contribution in [0.2, 0.25) is 0 Å². The molecule has 2 aromatic carbocycles. The van der Waals surface area contributed by atoms with E-state index in [0.717, 1.165) is 0 Å². The topological polar surface area (TPSA) is 89.5 Å². The molecule has 34 heavy (non-hydrogen) atoms. The molecule has 0 saturated carbocycles. The van der Waals surface area contributed by atoms with Crippen molar-refractivity contribution in [3.8, 4) is 17.2 Å². The molecule has 0 spiro atoms. The first-order chi connectivity index (χ1) is 16.2. The Hall–Kier alpha value is -4.41. The number of fused-ring (bicyclic) bond motifs is 1. The van der Waals surface area contributed by atoms with E-state index in [0.29, 0.717) is 34.0 Å². The number of nitrogens with zero attached hydrogens (tertiary/aromatic N) is 4. The molecule has 0 atom stereocenters. The molecular formula is C23H18F3N5O3. The summed E-state index contributed by atoms with van der Waals surface area (Å²) in [5, 5.41) is 3.22. The summed E-state index contributed by atoms with van der Waals surface area (Å²) < 4.78 is 46.8. The van der Waals surface area contributed by atoms with Crippen molar-refractivity contribution in [1.82, 2.24) is 20.3 Å². The Balaban J connectivity index is 1.52. The molecule has 0 fully saturated rings. The molecule has 0 bridgehead atoms. The zero-order valence-corrected chi connectivity index (χ0v) is 18.0. The maximum Gasteiger partial charge on any atom is 0.573 e. The third-order valence-corrected chi connectivity index (χ3v) is 4.72. The summed E-state index contributed by atoms with van der Waals surface area (Å²) in [7, 11) is 3.22. The normalized spacial score (nSPS) is 11.2. The zero-order chi connectivity index (χ0) is 24.3. The molecule has 0 saturated heterocycles. The lowest BCUT2D eigenvalue weighted by Crippen LogP contribution is -2.18. The Bertz CT molecular complexity index is 1330. The fourth-order valence-electron chi connectivity index (χ4n) is 3.08. The molecule has 11 heteroatoms. The lowest BCUT2D eigenvalue weighted by atomic mass is 10.2. The summed E-state index contributed by atoms with van der Waals surface area (Å²) in [6.45, 7) is 0. The first-order valence-corrected chi connectivity index (χ1v) is 9.94. The number of carbonyl (C=O) groups excluding carboxylic acids is 1. The number of hydrogen-bond acceptors (Lipinski definition) is 7. The van der Waals surface area contributed by atoms with Crippen LogP contribution in [0.25, 0.3) is 10.9 Å². The molecule has 1 N–H and O–H groups in total. The maximum absolute atomic E-state index is 12.3. The second-order valence-electron chi connectivity index (χ2n) is 7.05.